The molecule has 0 aliphatic heterocycles. The molecule has 12 heavy (non-hydrogen) atoms. The Balaban J connectivity index is 2.72. The van der Waals surface area contributed by atoms with Crippen LogP contribution in [0, 0.1) is 6.92 Å². The molecule has 0 bridgehead atoms. The van der Waals surface area contributed by atoms with Crippen molar-refractivity contribution in [1.29, 1.82) is 0 Å². The van der Waals surface area contributed by atoms with Crippen LogP contribution in [0.15, 0.2) is 10.8 Å². The van der Waals surface area contributed by atoms with Crippen molar-refractivity contribution in [2.75, 3.05) is 0 Å². The van der Waals surface area contributed by atoms with Crippen molar-refractivity contribution < 1.29 is 4.42 Å². The Morgan fingerprint density at radius 2 is 2.25 bits per heavy atom. The van der Waals surface area contributed by atoms with Crippen molar-refractivity contribution in [3.63, 3.8) is 0 Å². The molecule has 2 heteroatoms. The van der Waals surface area contributed by atoms with Gasteiger partial charge in [0.15, 0.2) is 6.39 Å². The number of rotatable bonds is 4. The number of hydrogen-bond acceptors (Lipinski definition) is 2. The van der Waals surface area contributed by atoms with Crippen LogP contribution in [-0.2, 0) is 0 Å². The largest absolute Gasteiger partial charge is 0.448 e. The van der Waals surface area contributed by atoms with E-state index in [2.05, 4.69) is 18.8 Å². The maximum absolute atomic E-state index is 5.36. The minimum absolute atomic E-state index is 0.567. The zero-order valence-corrected chi connectivity index (χ0v) is 8.13. The van der Waals surface area contributed by atoms with Crippen molar-refractivity contribution >= 4 is 0 Å². The van der Waals surface area contributed by atoms with Crippen LogP contribution in [0.2, 0.25) is 0 Å². The van der Waals surface area contributed by atoms with Gasteiger partial charge in [0.25, 0.3) is 0 Å². The highest BCUT2D eigenvalue weighted by Crippen LogP contribution is 2.26. The molecule has 0 N–H and O–H groups in total. The standard InChI is InChI=1S/C10H17NO/c1-4-6-9(5-2)10-8(3)11-7-12-10/h7,9H,4-6H2,1-3H3. The van der Waals surface area contributed by atoms with E-state index in [1.165, 1.54) is 12.8 Å². The van der Waals surface area contributed by atoms with Gasteiger partial charge in [-0.1, -0.05) is 20.3 Å². The molecule has 0 radical (unpaired) electrons. The fraction of sp³-hybridized carbons (Fsp3) is 0.700. The van der Waals surface area contributed by atoms with Gasteiger partial charge in [0, 0.05) is 5.92 Å². The van der Waals surface area contributed by atoms with E-state index in [1.807, 2.05) is 6.92 Å². The van der Waals surface area contributed by atoms with Crippen molar-refractivity contribution in [2.24, 2.45) is 0 Å². The van der Waals surface area contributed by atoms with Gasteiger partial charge in [-0.15, -0.1) is 0 Å². The van der Waals surface area contributed by atoms with Crippen molar-refractivity contribution in [2.45, 2.75) is 46.0 Å². The monoisotopic (exact) mass is 167 g/mol. The molecule has 0 saturated carbocycles. The first-order chi connectivity index (χ1) is 5.79. The molecule has 0 amide bonds. The van der Waals surface area contributed by atoms with E-state index in [0.29, 0.717) is 5.92 Å². The zero-order chi connectivity index (χ0) is 8.97. The van der Waals surface area contributed by atoms with Crippen LogP contribution in [0.5, 0.6) is 0 Å². The topological polar surface area (TPSA) is 26.0 Å². The Bertz CT molecular complexity index is 229. The number of aryl methyl sites for hydroxylation is 1. The third-order valence-electron chi connectivity index (χ3n) is 2.28. The van der Waals surface area contributed by atoms with Crippen LogP contribution in [0.1, 0.15) is 50.5 Å². The molecule has 68 valence electrons. The van der Waals surface area contributed by atoms with Gasteiger partial charge in [0.1, 0.15) is 5.76 Å². The number of hydrogen-bond donors (Lipinski definition) is 0. The second kappa shape index (κ2) is 4.29. The molecule has 0 spiro atoms. The smallest absolute Gasteiger partial charge is 0.181 e. The van der Waals surface area contributed by atoms with E-state index in [-0.39, 0.29) is 0 Å². The van der Waals surface area contributed by atoms with Crippen LogP contribution in [0.3, 0.4) is 0 Å². The summed E-state index contributed by atoms with van der Waals surface area (Å²) in [6, 6.07) is 0. The Hall–Kier alpha value is -0.790. The predicted molar refractivity (Wildman–Crippen MR) is 49.2 cm³/mol. The number of nitrogens with zero attached hydrogens (tertiary/aromatic N) is 1. The summed E-state index contributed by atoms with van der Waals surface area (Å²) >= 11 is 0. The molecule has 1 unspecified atom stereocenters. The van der Waals surface area contributed by atoms with Gasteiger partial charge in [0.2, 0.25) is 0 Å². The van der Waals surface area contributed by atoms with Crippen LogP contribution in [-0.4, -0.2) is 4.98 Å². The summed E-state index contributed by atoms with van der Waals surface area (Å²) in [4.78, 5) is 4.10. The van der Waals surface area contributed by atoms with Gasteiger partial charge in [-0.05, 0) is 19.8 Å². The zero-order valence-electron chi connectivity index (χ0n) is 8.13. The highest BCUT2D eigenvalue weighted by atomic mass is 16.3. The minimum atomic E-state index is 0.567. The average molecular weight is 167 g/mol. The van der Waals surface area contributed by atoms with Crippen LogP contribution >= 0.6 is 0 Å². The third kappa shape index (κ3) is 1.87. The number of oxazole rings is 1. The first kappa shape index (κ1) is 9.30. The Kier molecular flexibility index (Phi) is 3.32. The van der Waals surface area contributed by atoms with Crippen LogP contribution < -0.4 is 0 Å². The van der Waals surface area contributed by atoms with Gasteiger partial charge < -0.3 is 4.42 Å². The second-order valence-electron chi connectivity index (χ2n) is 3.20. The van der Waals surface area contributed by atoms with E-state index in [9.17, 15) is 0 Å². The molecule has 0 fully saturated rings. The maximum Gasteiger partial charge on any atom is 0.181 e. The SMILES string of the molecule is CCCC(CC)c1ocnc1C. The van der Waals surface area contributed by atoms with Gasteiger partial charge in [-0.2, -0.15) is 0 Å². The van der Waals surface area contributed by atoms with E-state index in [4.69, 9.17) is 4.42 Å². The lowest BCUT2D eigenvalue weighted by Crippen LogP contribution is -1.97. The van der Waals surface area contributed by atoms with Gasteiger partial charge in [-0.3, -0.25) is 0 Å². The molecule has 1 aromatic heterocycles. The van der Waals surface area contributed by atoms with E-state index in [0.717, 1.165) is 17.9 Å². The molecule has 1 heterocycles. The lowest BCUT2D eigenvalue weighted by atomic mass is 9.97. The summed E-state index contributed by atoms with van der Waals surface area (Å²) in [5.74, 6) is 1.65. The van der Waals surface area contributed by atoms with Gasteiger partial charge >= 0.3 is 0 Å². The molecule has 1 aromatic rings. The molecule has 0 aliphatic carbocycles. The fourth-order valence-electron chi connectivity index (χ4n) is 1.57. The quantitative estimate of drug-likeness (QED) is 0.687. The summed E-state index contributed by atoms with van der Waals surface area (Å²) in [6.45, 7) is 6.41. The normalized spacial score (nSPS) is 13.2. The molecule has 0 aromatic carbocycles. The van der Waals surface area contributed by atoms with Gasteiger partial charge in [0.05, 0.1) is 5.69 Å². The fourth-order valence-corrected chi connectivity index (χ4v) is 1.57. The lowest BCUT2D eigenvalue weighted by Gasteiger charge is -2.10. The molecule has 1 atom stereocenters. The van der Waals surface area contributed by atoms with Gasteiger partial charge in [-0.25, -0.2) is 4.98 Å². The highest BCUT2D eigenvalue weighted by molar-refractivity contribution is 5.10. The number of aromatic nitrogens is 1. The third-order valence-corrected chi connectivity index (χ3v) is 2.28. The van der Waals surface area contributed by atoms with Crippen molar-refractivity contribution in [3.05, 3.63) is 17.8 Å². The van der Waals surface area contributed by atoms with Crippen molar-refractivity contribution in [3.8, 4) is 0 Å². The average Bonchev–Trinajstić information content (AvgIpc) is 2.47. The maximum atomic E-state index is 5.36. The Labute approximate surface area is 74.0 Å². The van der Waals surface area contributed by atoms with E-state index < -0.39 is 0 Å². The molecule has 0 aliphatic rings. The van der Waals surface area contributed by atoms with Crippen LogP contribution in [0.25, 0.3) is 0 Å². The summed E-state index contributed by atoms with van der Waals surface area (Å²) in [6.07, 6.45) is 5.10. The minimum Gasteiger partial charge on any atom is -0.448 e. The summed E-state index contributed by atoms with van der Waals surface area (Å²) in [5.41, 5.74) is 1.05. The van der Waals surface area contributed by atoms with E-state index >= 15 is 0 Å². The molecular formula is C10H17NO. The van der Waals surface area contributed by atoms with Crippen LogP contribution in [0.4, 0.5) is 0 Å². The summed E-state index contributed by atoms with van der Waals surface area (Å²) in [7, 11) is 0. The lowest BCUT2D eigenvalue weighted by molar-refractivity contribution is 0.432. The first-order valence-electron chi connectivity index (χ1n) is 4.69. The summed E-state index contributed by atoms with van der Waals surface area (Å²) in [5, 5.41) is 0. The predicted octanol–water partition coefficient (Wildman–Crippen LogP) is 3.28. The summed E-state index contributed by atoms with van der Waals surface area (Å²) < 4.78 is 5.36. The highest BCUT2D eigenvalue weighted by Gasteiger charge is 2.14. The first-order valence-corrected chi connectivity index (χ1v) is 4.69. The molecule has 2 nitrogen and oxygen atoms in total. The van der Waals surface area contributed by atoms with Crippen molar-refractivity contribution in [1.82, 2.24) is 4.98 Å². The Morgan fingerprint density at radius 3 is 2.67 bits per heavy atom. The molecule has 1 rings (SSSR count). The molecule has 0 saturated heterocycles. The molecular weight excluding hydrogens is 150 g/mol. The van der Waals surface area contributed by atoms with E-state index in [1.54, 1.807) is 6.39 Å². The second-order valence-corrected chi connectivity index (χ2v) is 3.20. The Morgan fingerprint density at radius 1 is 1.50 bits per heavy atom.